The van der Waals surface area contributed by atoms with Crippen molar-refractivity contribution >= 4 is 5.91 Å². The average Bonchev–Trinajstić information content (AvgIpc) is 2.60. The summed E-state index contributed by atoms with van der Waals surface area (Å²) in [6.45, 7) is 4.33. The van der Waals surface area contributed by atoms with Crippen molar-refractivity contribution in [3.8, 4) is 0 Å². The van der Waals surface area contributed by atoms with E-state index in [1.54, 1.807) is 0 Å². The first-order valence-electron chi connectivity index (χ1n) is 10.4. The van der Waals surface area contributed by atoms with Crippen molar-refractivity contribution in [3.63, 3.8) is 0 Å². The second kappa shape index (κ2) is 6.97. The zero-order valence-electron chi connectivity index (χ0n) is 15.9. The third-order valence-corrected chi connectivity index (χ3v) is 7.28. The van der Waals surface area contributed by atoms with E-state index in [1.807, 2.05) is 12.1 Å². The van der Waals surface area contributed by atoms with Gasteiger partial charge in [0.15, 0.2) is 0 Å². The maximum absolute atomic E-state index is 11.9. The van der Waals surface area contributed by atoms with Gasteiger partial charge in [0.05, 0.1) is 5.60 Å². The lowest BCUT2D eigenvalue weighted by Crippen LogP contribution is -2.61. The highest BCUT2D eigenvalue weighted by Gasteiger charge is 2.51. The fourth-order valence-electron chi connectivity index (χ4n) is 5.58. The summed E-state index contributed by atoms with van der Waals surface area (Å²) in [6, 6.07) is 6.07. The van der Waals surface area contributed by atoms with Crippen LogP contribution in [-0.4, -0.2) is 40.6 Å². The lowest BCUT2D eigenvalue weighted by atomic mass is 9.62. The van der Waals surface area contributed by atoms with Crippen molar-refractivity contribution in [1.82, 2.24) is 4.90 Å². The number of primary amides is 1. The highest BCUT2D eigenvalue weighted by molar-refractivity contribution is 5.93. The van der Waals surface area contributed by atoms with E-state index in [9.17, 15) is 9.90 Å². The van der Waals surface area contributed by atoms with Gasteiger partial charge in [-0.15, -0.1) is 0 Å². The zero-order valence-corrected chi connectivity index (χ0v) is 15.9. The zero-order chi connectivity index (χ0) is 18.3. The Morgan fingerprint density at radius 2 is 2.08 bits per heavy atom. The number of aliphatic hydroxyl groups is 1. The van der Waals surface area contributed by atoms with Crippen LogP contribution in [0.5, 0.6) is 0 Å². The van der Waals surface area contributed by atoms with Crippen LogP contribution in [0.1, 0.15) is 79.3 Å². The Labute approximate surface area is 156 Å². The van der Waals surface area contributed by atoms with Gasteiger partial charge in [-0.2, -0.15) is 0 Å². The molecule has 4 heteroatoms. The molecule has 1 aromatic rings. The molecule has 2 saturated carbocycles. The summed E-state index contributed by atoms with van der Waals surface area (Å²) in [5.74, 6) is 0.549. The molecule has 1 unspecified atom stereocenters. The van der Waals surface area contributed by atoms with Crippen molar-refractivity contribution in [2.45, 2.75) is 75.9 Å². The fourth-order valence-corrected chi connectivity index (χ4v) is 5.58. The smallest absolute Gasteiger partial charge is 0.248 e. The first kappa shape index (κ1) is 18.0. The monoisotopic (exact) mass is 356 g/mol. The van der Waals surface area contributed by atoms with Crippen molar-refractivity contribution in [1.29, 1.82) is 0 Å². The summed E-state index contributed by atoms with van der Waals surface area (Å²) < 4.78 is 0. The van der Waals surface area contributed by atoms with E-state index < -0.39 is 5.60 Å². The SMILES string of the molecule is CCN(CC1CCC1)[C@@H]1Cc2ccc(C(N)=O)cc2C2CCCC[C@]21O. The molecule has 0 aromatic heterocycles. The van der Waals surface area contributed by atoms with Crippen LogP contribution in [0, 0.1) is 5.92 Å². The molecule has 0 spiro atoms. The Hall–Kier alpha value is -1.39. The second-order valence-corrected chi connectivity index (χ2v) is 8.67. The van der Waals surface area contributed by atoms with E-state index in [2.05, 4.69) is 17.9 Å². The number of nitrogens with two attached hydrogens (primary N) is 1. The molecule has 0 saturated heterocycles. The van der Waals surface area contributed by atoms with Gasteiger partial charge < -0.3 is 10.8 Å². The minimum absolute atomic E-state index is 0.125. The minimum atomic E-state index is -0.679. The number of carbonyl (C=O) groups excluding carboxylic acids is 1. The number of likely N-dealkylation sites (N-methyl/N-ethyl adjacent to an activating group) is 1. The predicted molar refractivity (Wildman–Crippen MR) is 103 cm³/mol. The highest BCUT2D eigenvalue weighted by atomic mass is 16.3. The number of rotatable bonds is 5. The summed E-state index contributed by atoms with van der Waals surface area (Å²) in [7, 11) is 0. The molecule has 0 heterocycles. The van der Waals surface area contributed by atoms with Gasteiger partial charge in [0.25, 0.3) is 0 Å². The number of benzene rings is 1. The summed E-state index contributed by atoms with van der Waals surface area (Å²) in [5, 5.41) is 11.9. The predicted octanol–water partition coefficient (Wildman–Crippen LogP) is 3.22. The Balaban J connectivity index is 1.70. The van der Waals surface area contributed by atoms with E-state index in [4.69, 9.17) is 5.73 Å². The summed E-state index contributed by atoms with van der Waals surface area (Å²) in [4.78, 5) is 14.2. The summed E-state index contributed by atoms with van der Waals surface area (Å²) >= 11 is 0. The minimum Gasteiger partial charge on any atom is -0.388 e. The molecular weight excluding hydrogens is 324 g/mol. The average molecular weight is 357 g/mol. The maximum atomic E-state index is 11.9. The molecule has 3 N–H and O–H groups in total. The summed E-state index contributed by atoms with van der Waals surface area (Å²) in [5.41, 5.74) is 7.86. The molecule has 0 radical (unpaired) electrons. The lowest BCUT2D eigenvalue weighted by molar-refractivity contribution is -0.0979. The van der Waals surface area contributed by atoms with Gasteiger partial charge >= 0.3 is 0 Å². The normalized spacial score (nSPS) is 31.2. The molecule has 3 aliphatic carbocycles. The molecule has 2 fully saturated rings. The van der Waals surface area contributed by atoms with Crippen LogP contribution >= 0.6 is 0 Å². The molecule has 3 aliphatic rings. The molecule has 1 amide bonds. The third kappa shape index (κ3) is 2.97. The molecule has 26 heavy (non-hydrogen) atoms. The van der Waals surface area contributed by atoms with Crippen LogP contribution in [0.15, 0.2) is 18.2 Å². The quantitative estimate of drug-likeness (QED) is 0.851. The first-order valence-corrected chi connectivity index (χ1v) is 10.4. The molecule has 3 atom stereocenters. The molecule has 0 aliphatic heterocycles. The number of hydrogen-bond acceptors (Lipinski definition) is 3. The van der Waals surface area contributed by atoms with Gasteiger partial charge in [-0.3, -0.25) is 9.69 Å². The third-order valence-electron chi connectivity index (χ3n) is 7.28. The molecule has 0 bridgehead atoms. The molecule has 142 valence electrons. The van der Waals surface area contributed by atoms with Crippen LogP contribution in [0.25, 0.3) is 0 Å². The van der Waals surface area contributed by atoms with Crippen LogP contribution in [0.3, 0.4) is 0 Å². The summed E-state index contributed by atoms with van der Waals surface area (Å²) in [6.07, 6.45) is 9.02. The van der Waals surface area contributed by atoms with Crippen molar-refractivity contribution in [2.24, 2.45) is 11.7 Å². The van der Waals surface area contributed by atoms with E-state index >= 15 is 0 Å². The van der Waals surface area contributed by atoms with Crippen LogP contribution in [0.4, 0.5) is 0 Å². The molecule has 4 nitrogen and oxygen atoms in total. The largest absolute Gasteiger partial charge is 0.388 e. The Morgan fingerprint density at radius 1 is 1.27 bits per heavy atom. The van der Waals surface area contributed by atoms with E-state index in [0.717, 1.165) is 51.1 Å². The number of amides is 1. The Bertz CT molecular complexity index is 685. The van der Waals surface area contributed by atoms with Crippen molar-refractivity contribution in [2.75, 3.05) is 13.1 Å². The number of nitrogens with zero attached hydrogens (tertiary/aromatic N) is 1. The van der Waals surface area contributed by atoms with E-state index in [-0.39, 0.29) is 17.9 Å². The molecular formula is C22H32N2O2. The highest BCUT2D eigenvalue weighted by Crippen LogP contribution is 2.50. The van der Waals surface area contributed by atoms with Crippen LogP contribution < -0.4 is 5.73 Å². The Morgan fingerprint density at radius 3 is 2.73 bits per heavy atom. The number of carbonyl (C=O) groups is 1. The lowest BCUT2D eigenvalue weighted by Gasteiger charge is -2.53. The van der Waals surface area contributed by atoms with Crippen LogP contribution in [-0.2, 0) is 6.42 Å². The first-order chi connectivity index (χ1) is 12.5. The number of fused-ring (bicyclic) bond motifs is 3. The van der Waals surface area contributed by atoms with E-state index in [1.165, 1.54) is 30.4 Å². The number of hydrogen-bond donors (Lipinski definition) is 2. The van der Waals surface area contributed by atoms with Gasteiger partial charge in [0.2, 0.25) is 5.91 Å². The standard InChI is InChI=1S/C22H32N2O2/c1-2-24(14-15-6-5-7-15)20-13-16-9-10-17(21(23)25)12-18(16)19-8-3-4-11-22(19,20)26/h9-10,12,15,19-20,26H,2-8,11,13-14H2,1H3,(H2,23,25)/t19?,20-,22+/m1/s1. The maximum Gasteiger partial charge on any atom is 0.248 e. The van der Waals surface area contributed by atoms with E-state index in [0.29, 0.717) is 5.56 Å². The van der Waals surface area contributed by atoms with Gasteiger partial charge in [-0.05, 0) is 67.8 Å². The van der Waals surface area contributed by atoms with Crippen molar-refractivity contribution in [3.05, 3.63) is 34.9 Å². The molecule has 1 aromatic carbocycles. The molecule has 4 rings (SSSR count). The van der Waals surface area contributed by atoms with Gasteiger partial charge in [-0.25, -0.2) is 0 Å². The fraction of sp³-hybridized carbons (Fsp3) is 0.682. The van der Waals surface area contributed by atoms with Crippen LogP contribution in [0.2, 0.25) is 0 Å². The van der Waals surface area contributed by atoms with Crippen molar-refractivity contribution < 1.29 is 9.90 Å². The topological polar surface area (TPSA) is 66.6 Å². The van der Waals surface area contributed by atoms with Gasteiger partial charge in [0.1, 0.15) is 0 Å². The second-order valence-electron chi connectivity index (χ2n) is 8.67. The Kier molecular flexibility index (Phi) is 4.83. The van der Waals surface area contributed by atoms with Gasteiger partial charge in [-0.1, -0.05) is 32.3 Å². The van der Waals surface area contributed by atoms with Gasteiger partial charge in [0, 0.05) is 24.1 Å².